The highest BCUT2D eigenvalue weighted by molar-refractivity contribution is 7.10. The minimum Gasteiger partial charge on any atom is -0.339 e. The van der Waals surface area contributed by atoms with E-state index in [0.29, 0.717) is 18.0 Å². The third kappa shape index (κ3) is 3.46. The smallest absolute Gasteiger partial charge is 0.223 e. The molecule has 128 valence electrons. The number of amides is 1. The van der Waals surface area contributed by atoms with Gasteiger partial charge in [0.05, 0.1) is 11.6 Å². The van der Waals surface area contributed by atoms with Gasteiger partial charge in [0.2, 0.25) is 5.91 Å². The lowest BCUT2D eigenvalue weighted by Crippen LogP contribution is -2.61. The number of benzene rings is 1. The number of nitrogens with zero attached hydrogens (tertiary/aromatic N) is 3. The van der Waals surface area contributed by atoms with Gasteiger partial charge in [0.1, 0.15) is 0 Å². The molecule has 2 aliphatic rings. The highest BCUT2D eigenvalue weighted by Crippen LogP contribution is 2.27. The van der Waals surface area contributed by atoms with Gasteiger partial charge in [-0.05, 0) is 47.5 Å². The maximum Gasteiger partial charge on any atom is 0.223 e. The molecule has 1 amide bonds. The normalized spacial score (nSPS) is 17.6. The van der Waals surface area contributed by atoms with Gasteiger partial charge in [-0.15, -0.1) is 11.3 Å². The number of rotatable bonds is 4. The Hall–Kier alpha value is -2.16. The fourth-order valence-corrected chi connectivity index (χ4v) is 4.52. The van der Waals surface area contributed by atoms with Crippen LogP contribution in [0.15, 0.2) is 35.7 Å². The van der Waals surface area contributed by atoms with E-state index >= 15 is 0 Å². The zero-order valence-corrected chi connectivity index (χ0v) is 15.0. The Bertz CT molecular complexity index is 799. The largest absolute Gasteiger partial charge is 0.339 e. The highest BCUT2D eigenvalue weighted by atomic mass is 32.1. The summed E-state index contributed by atoms with van der Waals surface area (Å²) in [6, 6.07) is 12.4. The average molecular weight is 351 g/mol. The van der Waals surface area contributed by atoms with Gasteiger partial charge in [-0.2, -0.15) is 5.26 Å². The van der Waals surface area contributed by atoms with Crippen LogP contribution in [-0.4, -0.2) is 41.4 Å². The topological polar surface area (TPSA) is 47.3 Å². The van der Waals surface area contributed by atoms with Crippen LogP contribution in [0.5, 0.6) is 0 Å². The van der Waals surface area contributed by atoms with Crippen molar-refractivity contribution in [2.45, 2.75) is 31.8 Å². The molecule has 0 N–H and O–H groups in total. The van der Waals surface area contributed by atoms with Gasteiger partial charge < -0.3 is 4.90 Å². The summed E-state index contributed by atoms with van der Waals surface area (Å²) >= 11 is 1.87. The summed E-state index contributed by atoms with van der Waals surface area (Å²) in [7, 11) is 0. The third-order valence-corrected chi connectivity index (χ3v) is 6.30. The van der Waals surface area contributed by atoms with Gasteiger partial charge in [0.15, 0.2) is 0 Å². The lowest BCUT2D eigenvalue weighted by molar-refractivity contribution is -0.138. The van der Waals surface area contributed by atoms with Crippen molar-refractivity contribution in [3.8, 4) is 6.07 Å². The van der Waals surface area contributed by atoms with Crippen molar-refractivity contribution < 1.29 is 4.79 Å². The molecule has 25 heavy (non-hydrogen) atoms. The van der Waals surface area contributed by atoms with Gasteiger partial charge >= 0.3 is 0 Å². The second-order valence-electron chi connectivity index (χ2n) is 6.85. The molecular weight excluding hydrogens is 330 g/mol. The Balaban J connectivity index is 1.23. The Kier molecular flexibility index (Phi) is 4.56. The average Bonchev–Trinajstić information content (AvgIpc) is 3.07. The summed E-state index contributed by atoms with van der Waals surface area (Å²) in [6.45, 7) is 3.89. The molecule has 0 atom stereocenters. The van der Waals surface area contributed by atoms with Crippen LogP contribution in [0.3, 0.4) is 0 Å². The molecule has 1 saturated heterocycles. The fourth-order valence-electron chi connectivity index (χ4n) is 3.63. The van der Waals surface area contributed by atoms with Gasteiger partial charge in [0, 0.05) is 43.5 Å². The van der Waals surface area contributed by atoms with E-state index in [1.807, 2.05) is 40.5 Å². The first-order chi connectivity index (χ1) is 12.2. The van der Waals surface area contributed by atoms with Crippen molar-refractivity contribution in [1.29, 1.82) is 5.26 Å². The van der Waals surface area contributed by atoms with Crippen molar-refractivity contribution in [3.05, 3.63) is 57.3 Å². The van der Waals surface area contributed by atoms with Crippen molar-refractivity contribution >= 4 is 17.2 Å². The lowest BCUT2D eigenvalue weighted by Gasteiger charge is -2.46. The predicted molar refractivity (Wildman–Crippen MR) is 98.3 cm³/mol. The number of thiophene rings is 1. The SMILES string of the molecule is N#Cc1ccc(CCC(=O)N2CC(N3CCc4sccc4C3)C2)cc1. The summed E-state index contributed by atoms with van der Waals surface area (Å²) in [5, 5.41) is 11.0. The molecule has 2 aromatic rings. The molecule has 1 aromatic heterocycles. The summed E-state index contributed by atoms with van der Waals surface area (Å²) in [6.07, 6.45) is 2.44. The summed E-state index contributed by atoms with van der Waals surface area (Å²) in [5.41, 5.74) is 3.25. The van der Waals surface area contributed by atoms with Crippen molar-refractivity contribution in [2.75, 3.05) is 19.6 Å². The molecule has 3 heterocycles. The molecule has 4 rings (SSSR count). The van der Waals surface area contributed by atoms with Gasteiger partial charge in [-0.3, -0.25) is 9.69 Å². The first-order valence-corrected chi connectivity index (χ1v) is 9.67. The number of hydrogen-bond acceptors (Lipinski definition) is 4. The van der Waals surface area contributed by atoms with E-state index in [1.165, 1.54) is 10.4 Å². The molecule has 0 spiro atoms. The van der Waals surface area contributed by atoms with Crippen LogP contribution in [-0.2, 0) is 24.2 Å². The highest BCUT2D eigenvalue weighted by Gasteiger charge is 2.35. The molecular formula is C20H21N3OS. The number of hydrogen-bond donors (Lipinski definition) is 0. The van der Waals surface area contributed by atoms with E-state index in [2.05, 4.69) is 22.4 Å². The number of nitriles is 1. The summed E-state index contributed by atoms with van der Waals surface area (Å²) in [5.74, 6) is 0.244. The number of fused-ring (bicyclic) bond motifs is 1. The number of likely N-dealkylation sites (tertiary alicyclic amines) is 1. The van der Waals surface area contributed by atoms with E-state index in [0.717, 1.165) is 44.6 Å². The van der Waals surface area contributed by atoms with Crippen LogP contribution in [0, 0.1) is 11.3 Å². The first kappa shape index (κ1) is 16.3. The lowest BCUT2D eigenvalue weighted by atomic mass is 10.0. The maximum absolute atomic E-state index is 12.4. The molecule has 0 unspecified atom stereocenters. The van der Waals surface area contributed by atoms with Gasteiger partial charge in [0.25, 0.3) is 0 Å². The first-order valence-electron chi connectivity index (χ1n) is 8.79. The zero-order valence-electron chi connectivity index (χ0n) is 14.1. The van der Waals surface area contributed by atoms with Crippen LogP contribution in [0.25, 0.3) is 0 Å². The standard InChI is InChI=1S/C20H21N3OS/c21-11-16-3-1-15(2-4-16)5-6-20(24)23-13-18(14-23)22-9-7-19-17(12-22)8-10-25-19/h1-4,8,10,18H,5-7,9,12-14H2. The van der Waals surface area contributed by atoms with E-state index in [-0.39, 0.29) is 5.91 Å². The molecule has 0 bridgehead atoms. The monoisotopic (exact) mass is 351 g/mol. The summed E-state index contributed by atoms with van der Waals surface area (Å²) < 4.78 is 0. The molecule has 0 radical (unpaired) electrons. The minimum atomic E-state index is 0.244. The molecule has 2 aliphatic heterocycles. The van der Waals surface area contributed by atoms with E-state index in [9.17, 15) is 4.79 Å². The van der Waals surface area contributed by atoms with Crippen molar-refractivity contribution in [1.82, 2.24) is 9.80 Å². The molecule has 0 saturated carbocycles. The number of aryl methyl sites for hydroxylation is 1. The zero-order chi connectivity index (χ0) is 17.2. The second kappa shape index (κ2) is 6.99. The Labute approximate surface area is 152 Å². The molecule has 0 aliphatic carbocycles. The number of carbonyl (C=O) groups is 1. The third-order valence-electron chi connectivity index (χ3n) is 5.28. The van der Waals surface area contributed by atoms with Gasteiger partial charge in [-0.1, -0.05) is 12.1 Å². The molecule has 5 heteroatoms. The van der Waals surface area contributed by atoms with Crippen LogP contribution < -0.4 is 0 Å². The maximum atomic E-state index is 12.4. The van der Waals surface area contributed by atoms with Crippen LogP contribution in [0.2, 0.25) is 0 Å². The van der Waals surface area contributed by atoms with Crippen LogP contribution in [0.4, 0.5) is 0 Å². The van der Waals surface area contributed by atoms with Gasteiger partial charge in [-0.25, -0.2) is 0 Å². The predicted octanol–water partition coefficient (Wildman–Crippen LogP) is 2.82. The van der Waals surface area contributed by atoms with Crippen molar-refractivity contribution in [2.24, 2.45) is 0 Å². The van der Waals surface area contributed by atoms with Crippen molar-refractivity contribution in [3.63, 3.8) is 0 Å². The van der Waals surface area contributed by atoms with Crippen LogP contribution >= 0.6 is 11.3 Å². The van der Waals surface area contributed by atoms with E-state index in [1.54, 1.807) is 0 Å². The molecule has 1 aromatic carbocycles. The Morgan fingerprint density at radius 2 is 2.04 bits per heavy atom. The quantitative estimate of drug-likeness (QED) is 0.851. The number of carbonyl (C=O) groups excluding carboxylic acids is 1. The Morgan fingerprint density at radius 3 is 2.80 bits per heavy atom. The summed E-state index contributed by atoms with van der Waals surface area (Å²) in [4.78, 5) is 18.4. The van der Waals surface area contributed by atoms with E-state index in [4.69, 9.17) is 5.26 Å². The fraction of sp³-hybridized carbons (Fsp3) is 0.400. The minimum absolute atomic E-state index is 0.244. The molecule has 4 nitrogen and oxygen atoms in total. The van der Waals surface area contributed by atoms with Crippen LogP contribution in [0.1, 0.15) is 28.0 Å². The second-order valence-corrected chi connectivity index (χ2v) is 7.85. The molecule has 1 fully saturated rings. The Morgan fingerprint density at radius 1 is 1.24 bits per heavy atom. The van der Waals surface area contributed by atoms with E-state index < -0.39 is 0 Å².